The number of hydrazine groups is 1. The van der Waals surface area contributed by atoms with Gasteiger partial charge in [-0.15, -0.1) is 0 Å². The molecule has 0 aromatic carbocycles. The molecule has 1 aromatic heterocycles. The van der Waals surface area contributed by atoms with Gasteiger partial charge >= 0.3 is 0 Å². The first-order valence-corrected chi connectivity index (χ1v) is 6.38. The number of hydrogen-bond acceptors (Lipinski definition) is 6. The molecule has 6 nitrogen and oxygen atoms in total. The van der Waals surface area contributed by atoms with Crippen LogP contribution in [0.2, 0.25) is 0 Å². The van der Waals surface area contributed by atoms with Crippen LogP contribution in [0.3, 0.4) is 0 Å². The molecule has 2 heterocycles. The lowest BCUT2D eigenvalue weighted by Gasteiger charge is -2.31. The highest BCUT2D eigenvalue weighted by atomic mass is 16.3. The number of nitrogens with two attached hydrogens (primary N) is 1. The van der Waals surface area contributed by atoms with Crippen molar-refractivity contribution in [2.24, 2.45) is 5.84 Å². The van der Waals surface area contributed by atoms with Crippen molar-refractivity contribution in [2.75, 3.05) is 23.4 Å². The molecule has 1 fully saturated rings. The van der Waals surface area contributed by atoms with Gasteiger partial charge in [0.2, 0.25) is 0 Å². The fourth-order valence-electron chi connectivity index (χ4n) is 2.04. The van der Waals surface area contributed by atoms with Gasteiger partial charge in [0.1, 0.15) is 17.5 Å². The maximum atomic E-state index is 9.53. The van der Waals surface area contributed by atoms with Crippen LogP contribution in [0.5, 0.6) is 0 Å². The molecule has 0 amide bonds. The summed E-state index contributed by atoms with van der Waals surface area (Å²) >= 11 is 0. The quantitative estimate of drug-likeness (QED) is 0.545. The van der Waals surface area contributed by atoms with Gasteiger partial charge in [0, 0.05) is 25.1 Å². The van der Waals surface area contributed by atoms with Gasteiger partial charge in [-0.25, -0.2) is 15.8 Å². The molecule has 0 unspecified atom stereocenters. The summed E-state index contributed by atoms with van der Waals surface area (Å²) in [7, 11) is 0. The number of nitrogen functional groups attached to an aromatic ring is 1. The maximum absolute atomic E-state index is 9.53. The number of aliphatic hydroxyl groups excluding tert-OH is 1. The van der Waals surface area contributed by atoms with Crippen molar-refractivity contribution in [2.45, 2.75) is 38.7 Å². The van der Waals surface area contributed by atoms with E-state index in [1.807, 2.05) is 6.07 Å². The average Bonchev–Trinajstić information content (AvgIpc) is 2.39. The second-order valence-electron chi connectivity index (χ2n) is 4.99. The minimum Gasteiger partial charge on any atom is -0.393 e. The first-order chi connectivity index (χ1) is 8.60. The van der Waals surface area contributed by atoms with Gasteiger partial charge in [-0.3, -0.25) is 0 Å². The van der Waals surface area contributed by atoms with Crippen molar-refractivity contribution in [3.63, 3.8) is 0 Å². The third-order valence-electron chi connectivity index (χ3n) is 3.18. The maximum Gasteiger partial charge on any atom is 0.145 e. The number of aliphatic hydroxyl groups is 1. The van der Waals surface area contributed by atoms with Gasteiger partial charge in [0.25, 0.3) is 0 Å². The van der Waals surface area contributed by atoms with Gasteiger partial charge in [0.05, 0.1) is 6.10 Å². The fraction of sp³-hybridized carbons (Fsp3) is 0.667. The molecule has 0 atom stereocenters. The number of aromatic nitrogens is 2. The summed E-state index contributed by atoms with van der Waals surface area (Å²) in [6.45, 7) is 5.75. The SMILES string of the molecule is CC(C)c1nc(NN)cc(N2CCC(O)CC2)n1. The summed E-state index contributed by atoms with van der Waals surface area (Å²) in [6.07, 6.45) is 1.39. The average molecular weight is 251 g/mol. The van der Waals surface area contributed by atoms with E-state index < -0.39 is 0 Å². The predicted molar refractivity (Wildman–Crippen MR) is 71.4 cm³/mol. The van der Waals surface area contributed by atoms with Crippen molar-refractivity contribution in [1.29, 1.82) is 0 Å². The van der Waals surface area contributed by atoms with E-state index in [9.17, 15) is 5.11 Å². The standard InChI is InChI=1S/C12H21N5O/c1-8(2)12-14-10(16-13)7-11(15-12)17-5-3-9(18)4-6-17/h7-9,18H,3-6,13H2,1-2H3,(H,14,15,16). The molecule has 0 spiro atoms. The van der Waals surface area contributed by atoms with Gasteiger partial charge in [-0.2, -0.15) is 0 Å². The Labute approximate surface area is 107 Å². The molecule has 18 heavy (non-hydrogen) atoms. The highest BCUT2D eigenvalue weighted by molar-refractivity contribution is 5.49. The summed E-state index contributed by atoms with van der Waals surface area (Å²) in [4.78, 5) is 11.1. The summed E-state index contributed by atoms with van der Waals surface area (Å²) in [5.74, 6) is 8.00. The molecule has 0 bridgehead atoms. The molecular weight excluding hydrogens is 230 g/mol. The molecule has 2 rings (SSSR count). The molecule has 0 aliphatic carbocycles. The van der Waals surface area contributed by atoms with Crippen LogP contribution in [0.4, 0.5) is 11.6 Å². The molecule has 1 aliphatic heterocycles. The second kappa shape index (κ2) is 5.49. The Morgan fingerprint density at radius 1 is 1.39 bits per heavy atom. The van der Waals surface area contributed by atoms with E-state index in [0.29, 0.717) is 5.82 Å². The van der Waals surface area contributed by atoms with Crippen LogP contribution in [0, 0.1) is 0 Å². The van der Waals surface area contributed by atoms with Crippen LogP contribution >= 0.6 is 0 Å². The van der Waals surface area contributed by atoms with E-state index in [2.05, 4.69) is 34.1 Å². The number of piperidine rings is 1. The van der Waals surface area contributed by atoms with Crippen molar-refractivity contribution in [1.82, 2.24) is 9.97 Å². The smallest absolute Gasteiger partial charge is 0.145 e. The number of rotatable bonds is 3. The van der Waals surface area contributed by atoms with Crippen molar-refractivity contribution in [3.8, 4) is 0 Å². The third-order valence-corrected chi connectivity index (χ3v) is 3.18. The minimum absolute atomic E-state index is 0.181. The monoisotopic (exact) mass is 251 g/mol. The van der Waals surface area contributed by atoms with Gasteiger partial charge in [-0.1, -0.05) is 13.8 Å². The van der Waals surface area contributed by atoms with E-state index in [0.717, 1.165) is 37.6 Å². The lowest BCUT2D eigenvalue weighted by atomic mass is 10.1. The first-order valence-electron chi connectivity index (χ1n) is 6.38. The molecule has 0 saturated carbocycles. The summed E-state index contributed by atoms with van der Waals surface area (Å²) in [5, 5.41) is 9.53. The van der Waals surface area contributed by atoms with E-state index in [4.69, 9.17) is 5.84 Å². The zero-order chi connectivity index (χ0) is 13.1. The largest absolute Gasteiger partial charge is 0.393 e. The molecule has 0 radical (unpaired) electrons. The van der Waals surface area contributed by atoms with Crippen LogP contribution in [0.25, 0.3) is 0 Å². The lowest BCUT2D eigenvalue weighted by Crippen LogP contribution is -2.36. The van der Waals surface area contributed by atoms with Crippen LogP contribution in [0.15, 0.2) is 6.07 Å². The third kappa shape index (κ3) is 2.88. The number of nitrogens with zero attached hydrogens (tertiary/aromatic N) is 3. The highest BCUT2D eigenvalue weighted by Gasteiger charge is 2.19. The number of nitrogens with one attached hydrogen (secondary N) is 1. The van der Waals surface area contributed by atoms with Gasteiger partial charge in [0.15, 0.2) is 0 Å². The fourth-order valence-corrected chi connectivity index (χ4v) is 2.04. The van der Waals surface area contributed by atoms with E-state index >= 15 is 0 Å². The molecule has 1 aromatic rings. The summed E-state index contributed by atoms with van der Waals surface area (Å²) in [6, 6.07) is 1.85. The number of hydrogen-bond donors (Lipinski definition) is 3. The van der Waals surface area contributed by atoms with Crippen LogP contribution in [0.1, 0.15) is 38.4 Å². The Hall–Kier alpha value is -1.40. The first kappa shape index (κ1) is 13.0. The Balaban J connectivity index is 2.23. The highest BCUT2D eigenvalue weighted by Crippen LogP contribution is 2.22. The Morgan fingerprint density at radius 3 is 2.61 bits per heavy atom. The molecule has 100 valence electrons. The Morgan fingerprint density at radius 2 is 2.06 bits per heavy atom. The minimum atomic E-state index is -0.181. The predicted octanol–water partition coefficient (Wildman–Crippen LogP) is 0.847. The topological polar surface area (TPSA) is 87.3 Å². The van der Waals surface area contributed by atoms with Crippen LogP contribution in [-0.2, 0) is 0 Å². The van der Waals surface area contributed by atoms with E-state index in [-0.39, 0.29) is 12.0 Å². The van der Waals surface area contributed by atoms with Crippen LogP contribution in [-0.4, -0.2) is 34.3 Å². The summed E-state index contributed by atoms with van der Waals surface area (Å²) in [5.41, 5.74) is 2.58. The Kier molecular flexibility index (Phi) is 3.98. The zero-order valence-electron chi connectivity index (χ0n) is 10.9. The molecule has 4 N–H and O–H groups in total. The number of anilines is 2. The Bertz CT molecular complexity index is 401. The van der Waals surface area contributed by atoms with Gasteiger partial charge < -0.3 is 15.4 Å². The van der Waals surface area contributed by atoms with Crippen molar-refractivity contribution in [3.05, 3.63) is 11.9 Å². The van der Waals surface area contributed by atoms with Crippen LogP contribution < -0.4 is 16.2 Å². The molecule has 1 saturated heterocycles. The van der Waals surface area contributed by atoms with E-state index in [1.54, 1.807) is 0 Å². The molecule has 6 heteroatoms. The lowest BCUT2D eigenvalue weighted by molar-refractivity contribution is 0.145. The summed E-state index contributed by atoms with van der Waals surface area (Å²) < 4.78 is 0. The molecular formula is C12H21N5O. The van der Waals surface area contributed by atoms with E-state index in [1.165, 1.54) is 0 Å². The zero-order valence-corrected chi connectivity index (χ0v) is 10.9. The van der Waals surface area contributed by atoms with Crippen molar-refractivity contribution >= 4 is 11.6 Å². The normalized spacial score (nSPS) is 17.3. The second-order valence-corrected chi connectivity index (χ2v) is 4.99. The molecule has 1 aliphatic rings. The van der Waals surface area contributed by atoms with Crippen molar-refractivity contribution < 1.29 is 5.11 Å². The van der Waals surface area contributed by atoms with Gasteiger partial charge in [-0.05, 0) is 12.8 Å².